The third kappa shape index (κ3) is 1.46. The Bertz CT molecular complexity index is 64.9. The molecule has 1 fully saturated rings. The largest absolute Gasteiger partial charge is 0.345 e. The molecule has 0 aliphatic carbocycles. The lowest BCUT2D eigenvalue weighted by atomic mass is 10.2. The minimum atomic E-state index is 0.332. The van der Waals surface area contributed by atoms with Crippen LogP contribution in [-0.4, -0.2) is 12.2 Å². The van der Waals surface area contributed by atoms with Crippen molar-refractivity contribution < 1.29 is 9.47 Å². The van der Waals surface area contributed by atoms with Crippen LogP contribution in [0.1, 0.15) is 20.3 Å². The summed E-state index contributed by atoms with van der Waals surface area (Å²) in [6, 6.07) is 0. The van der Waals surface area contributed by atoms with E-state index in [1.165, 1.54) is 6.79 Å². The standard InChI is InChI=1S/C6H11O2/c1-5-3-6(2)8-4-7-5/h4-6H,3H2,1-2H3/t5-,6+. The predicted octanol–water partition coefficient (Wildman–Crippen LogP) is 1.32. The highest BCUT2D eigenvalue weighted by atomic mass is 16.7. The molecular weight excluding hydrogens is 104 g/mol. The highest BCUT2D eigenvalue weighted by Crippen LogP contribution is 2.13. The maximum atomic E-state index is 5.00. The van der Waals surface area contributed by atoms with Crippen molar-refractivity contribution in [3.8, 4) is 0 Å². The zero-order valence-electron chi connectivity index (χ0n) is 5.26. The van der Waals surface area contributed by atoms with Crippen molar-refractivity contribution in [1.29, 1.82) is 0 Å². The van der Waals surface area contributed by atoms with Crippen molar-refractivity contribution >= 4 is 0 Å². The minimum absolute atomic E-state index is 0.332. The molecule has 2 nitrogen and oxygen atoms in total. The number of hydrogen-bond donors (Lipinski definition) is 0. The molecule has 2 heteroatoms. The summed E-state index contributed by atoms with van der Waals surface area (Å²) in [6.45, 7) is 5.50. The zero-order chi connectivity index (χ0) is 5.98. The number of rotatable bonds is 0. The van der Waals surface area contributed by atoms with Gasteiger partial charge in [0, 0.05) is 0 Å². The van der Waals surface area contributed by atoms with Crippen LogP contribution in [0.3, 0.4) is 0 Å². The van der Waals surface area contributed by atoms with Gasteiger partial charge in [0.05, 0.1) is 12.2 Å². The molecule has 47 valence electrons. The van der Waals surface area contributed by atoms with E-state index in [0.717, 1.165) is 6.42 Å². The molecule has 0 aromatic carbocycles. The van der Waals surface area contributed by atoms with Gasteiger partial charge in [0.15, 0.2) is 0 Å². The Balaban J connectivity index is 2.23. The minimum Gasteiger partial charge on any atom is -0.345 e. The first-order chi connectivity index (χ1) is 3.79. The molecular formula is C6H11O2. The molecule has 0 aromatic heterocycles. The van der Waals surface area contributed by atoms with E-state index < -0.39 is 0 Å². The Labute approximate surface area is 49.8 Å². The highest BCUT2D eigenvalue weighted by molar-refractivity contribution is 4.63. The molecule has 1 rings (SSSR count). The fourth-order valence-electron chi connectivity index (χ4n) is 0.800. The lowest BCUT2D eigenvalue weighted by Gasteiger charge is -2.23. The Hall–Kier alpha value is -0.0800. The van der Waals surface area contributed by atoms with Crippen molar-refractivity contribution in [3.63, 3.8) is 0 Å². The third-order valence-electron chi connectivity index (χ3n) is 1.24. The van der Waals surface area contributed by atoms with Crippen LogP contribution < -0.4 is 0 Å². The fourth-order valence-corrected chi connectivity index (χ4v) is 0.800. The van der Waals surface area contributed by atoms with E-state index >= 15 is 0 Å². The van der Waals surface area contributed by atoms with Crippen molar-refractivity contribution in [2.45, 2.75) is 32.5 Å². The summed E-state index contributed by atoms with van der Waals surface area (Å²) >= 11 is 0. The van der Waals surface area contributed by atoms with Crippen LogP contribution in [-0.2, 0) is 9.47 Å². The molecule has 8 heavy (non-hydrogen) atoms. The van der Waals surface area contributed by atoms with E-state index in [-0.39, 0.29) is 0 Å². The van der Waals surface area contributed by atoms with Crippen LogP contribution in [0.4, 0.5) is 0 Å². The second-order valence-corrected chi connectivity index (χ2v) is 2.23. The summed E-state index contributed by atoms with van der Waals surface area (Å²) in [7, 11) is 0. The molecule has 0 aromatic rings. The first kappa shape index (κ1) is 6.05. The zero-order valence-corrected chi connectivity index (χ0v) is 5.26. The summed E-state index contributed by atoms with van der Waals surface area (Å²) in [5.41, 5.74) is 0. The van der Waals surface area contributed by atoms with Gasteiger partial charge in [-0.05, 0) is 20.3 Å². The molecule has 1 heterocycles. The molecule has 0 N–H and O–H groups in total. The van der Waals surface area contributed by atoms with Gasteiger partial charge in [0.2, 0.25) is 6.79 Å². The van der Waals surface area contributed by atoms with Crippen LogP contribution in [0.25, 0.3) is 0 Å². The first-order valence-corrected chi connectivity index (χ1v) is 2.91. The van der Waals surface area contributed by atoms with E-state index in [4.69, 9.17) is 9.47 Å². The predicted molar refractivity (Wildman–Crippen MR) is 30.0 cm³/mol. The monoisotopic (exact) mass is 115 g/mol. The Morgan fingerprint density at radius 2 is 1.75 bits per heavy atom. The fraction of sp³-hybridized carbons (Fsp3) is 0.833. The van der Waals surface area contributed by atoms with E-state index in [0.29, 0.717) is 12.2 Å². The molecule has 1 saturated heterocycles. The summed E-state index contributed by atoms with van der Waals surface area (Å²) in [5, 5.41) is 0. The number of hydrogen-bond acceptors (Lipinski definition) is 2. The third-order valence-corrected chi connectivity index (χ3v) is 1.24. The summed E-state index contributed by atoms with van der Waals surface area (Å²) < 4.78 is 10.0. The number of ether oxygens (including phenoxy) is 2. The van der Waals surface area contributed by atoms with Crippen molar-refractivity contribution in [2.24, 2.45) is 0 Å². The van der Waals surface area contributed by atoms with Gasteiger partial charge >= 0.3 is 0 Å². The van der Waals surface area contributed by atoms with Gasteiger partial charge in [0.1, 0.15) is 0 Å². The van der Waals surface area contributed by atoms with E-state index in [1.807, 2.05) is 13.8 Å². The van der Waals surface area contributed by atoms with Gasteiger partial charge in [-0.2, -0.15) is 0 Å². The first-order valence-electron chi connectivity index (χ1n) is 2.91. The van der Waals surface area contributed by atoms with Crippen LogP contribution >= 0.6 is 0 Å². The normalized spacial score (nSPS) is 39.8. The van der Waals surface area contributed by atoms with Gasteiger partial charge in [-0.25, -0.2) is 0 Å². The van der Waals surface area contributed by atoms with Crippen molar-refractivity contribution in [3.05, 3.63) is 6.79 Å². The maximum Gasteiger partial charge on any atom is 0.209 e. The summed E-state index contributed by atoms with van der Waals surface area (Å²) in [5.74, 6) is 0. The quantitative estimate of drug-likeness (QED) is 0.474. The average molecular weight is 115 g/mol. The Morgan fingerprint density at radius 3 is 2.00 bits per heavy atom. The Morgan fingerprint density at radius 1 is 1.25 bits per heavy atom. The van der Waals surface area contributed by atoms with Crippen molar-refractivity contribution in [1.82, 2.24) is 0 Å². The van der Waals surface area contributed by atoms with Crippen LogP contribution in [0, 0.1) is 6.79 Å². The lowest BCUT2D eigenvalue weighted by Crippen LogP contribution is -2.23. The van der Waals surface area contributed by atoms with E-state index in [2.05, 4.69) is 0 Å². The molecule has 0 spiro atoms. The van der Waals surface area contributed by atoms with Gasteiger partial charge in [-0.3, -0.25) is 0 Å². The van der Waals surface area contributed by atoms with Gasteiger partial charge in [-0.1, -0.05) is 0 Å². The second kappa shape index (κ2) is 2.46. The maximum absolute atomic E-state index is 5.00. The summed E-state index contributed by atoms with van der Waals surface area (Å²) in [6.07, 6.45) is 1.66. The van der Waals surface area contributed by atoms with Gasteiger partial charge in [0.25, 0.3) is 0 Å². The average Bonchev–Trinajstić information content (AvgIpc) is 1.64. The smallest absolute Gasteiger partial charge is 0.209 e. The molecule has 1 aliphatic rings. The molecule has 0 saturated carbocycles. The molecule has 2 atom stereocenters. The highest BCUT2D eigenvalue weighted by Gasteiger charge is 2.15. The van der Waals surface area contributed by atoms with Crippen LogP contribution in [0.2, 0.25) is 0 Å². The van der Waals surface area contributed by atoms with E-state index in [9.17, 15) is 0 Å². The van der Waals surface area contributed by atoms with E-state index in [1.54, 1.807) is 0 Å². The lowest BCUT2D eigenvalue weighted by molar-refractivity contribution is -0.104. The molecule has 1 radical (unpaired) electrons. The van der Waals surface area contributed by atoms with Gasteiger partial charge < -0.3 is 9.47 Å². The molecule has 0 bridgehead atoms. The van der Waals surface area contributed by atoms with Crippen molar-refractivity contribution in [2.75, 3.05) is 0 Å². The SMILES string of the molecule is C[C@@H]1C[C@H](C)O[CH]O1. The topological polar surface area (TPSA) is 18.5 Å². The van der Waals surface area contributed by atoms with Gasteiger partial charge in [-0.15, -0.1) is 0 Å². The Kier molecular flexibility index (Phi) is 1.86. The van der Waals surface area contributed by atoms with Crippen LogP contribution in [0.5, 0.6) is 0 Å². The molecule has 0 amide bonds. The summed E-state index contributed by atoms with van der Waals surface area (Å²) in [4.78, 5) is 0. The second-order valence-electron chi connectivity index (χ2n) is 2.23. The van der Waals surface area contributed by atoms with Crippen LogP contribution in [0.15, 0.2) is 0 Å². The molecule has 1 aliphatic heterocycles. The molecule has 0 unspecified atom stereocenters.